The lowest BCUT2D eigenvalue weighted by molar-refractivity contribution is 0.306. The maximum atomic E-state index is 8.45. The molecule has 1 aromatic rings. The van der Waals surface area contributed by atoms with E-state index in [1.54, 1.807) is 13.3 Å². The van der Waals surface area contributed by atoms with Gasteiger partial charge in [-0.25, -0.2) is 4.98 Å². The number of nitrogens with two attached hydrogens (primary N) is 1. The minimum absolute atomic E-state index is 0.172. The van der Waals surface area contributed by atoms with Crippen LogP contribution in [-0.2, 0) is 6.54 Å². The maximum absolute atomic E-state index is 8.45. The van der Waals surface area contributed by atoms with E-state index in [9.17, 15) is 0 Å². The molecule has 1 heterocycles. The molecule has 0 aliphatic carbocycles. The lowest BCUT2D eigenvalue weighted by Gasteiger charge is -2.16. The number of nitrogens with zero attached hydrogens (tertiary/aromatic N) is 3. The summed E-state index contributed by atoms with van der Waals surface area (Å²) < 4.78 is 5.13. The number of hydrogen-bond acceptors (Lipinski definition) is 5. The van der Waals surface area contributed by atoms with Gasteiger partial charge in [-0.2, -0.15) is 0 Å². The summed E-state index contributed by atoms with van der Waals surface area (Å²) in [5.41, 5.74) is 6.37. The first kappa shape index (κ1) is 12.3. The molecule has 0 amide bonds. The lowest BCUT2D eigenvalue weighted by Crippen LogP contribution is -2.30. The fraction of sp³-hybridized carbons (Fsp3) is 0.400. The predicted octanol–water partition coefficient (Wildman–Crippen LogP) is 0.268. The summed E-state index contributed by atoms with van der Waals surface area (Å²) in [6.45, 7) is 1.00. The van der Waals surface area contributed by atoms with Crippen molar-refractivity contribution >= 4 is 5.84 Å². The number of rotatable bonds is 5. The molecular formula is C10H16N4O2. The quantitative estimate of drug-likeness (QED) is 0.324. The number of ether oxygens (including phenoxy) is 1. The van der Waals surface area contributed by atoms with Crippen LogP contribution in [0.5, 0.6) is 5.88 Å². The summed E-state index contributed by atoms with van der Waals surface area (Å²) in [7, 11) is 3.44. The summed E-state index contributed by atoms with van der Waals surface area (Å²) in [4.78, 5) is 5.99. The summed E-state index contributed by atoms with van der Waals surface area (Å²) in [5, 5.41) is 11.4. The standard InChI is InChI=1S/C10H16N4O2/c1-14(7-9(11)13-15)6-8-4-3-5-12-10(8)16-2/h3-5,15H,6-7H2,1-2H3,(H2,11,13). The van der Waals surface area contributed by atoms with Gasteiger partial charge in [0.25, 0.3) is 0 Å². The summed E-state index contributed by atoms with van der Waals surface area (Å²) >= 11 is 0. The monoisotopic (exact) mass is 224 g/mol. The van der Waals surface area contributed by atoms with E-state index in [1.807, 2.05) is 24.1 Å². The van der Waals surface area contributed by atoms with Crippen molar-refractivity contribution in [2.45, 2.75) is 6.54 Å². The average molecular weight is 224 g/mol. The first-order chi connectivity index (χ1) is 7.67. The van der Waals surface area contributed by atoms with Gasteiger partial charge in [0.05, 0.1) is 13.7 Å². The van der Waals surface area contributed by atoms with E-state index in [-0.39, 0.29) is 5.84 Å². The molecule has 0 saturated carbocycles. The number of oxime groups is 1. The van der Waals surface area contributed by atoms with Crippen LogP contribution in [0.4, 0.5) is 0 Å². The fourth-order valence-electron chi connectivity index (χ4n) is 1.38. The van der Waals surface area contributed by atoms with Crippen LogP contribution < -0.4 is 10.5 Å². The van der Waals surface area contributed by atoms with Crippen LogP contribution in [0.1, 0.15) is 5.56 Å². The Morgan fingerprint density at radius 1 is 1.69 bits per heavy atom. The van der Waals surface area contributed by atoms with Crippen LogP contribution in [-0.4, -0.2) is 41.6 Å². The molecule has 1 aromatic heterocycles. The van der Waals surface area contributed by atoms with Crippen molar-refractivity contribution in [2.24, 2.45) is 10.9 Å². The molecule has 0 aliphatic rings. The summed E-state index contributed by atoms with van der Waals surface area (Å²) in [6.07, 6.45) is 1.67. The van der Waals surface area contributed by atoms with Crippen LogP contribution in [0.15, 0.2) is 23.5 Å². The van der Waals surface area contributed by atoms with Gasteiger partial charge >= 0.3 is 0 Å². The highest BCUT2D eigenvalue weighted by atomic mass is 16.5. The Hall–Kier alpha value is -1.82. The Balaban J connectivity index is 2.65. The SMILES string of the molecule is COc1ncccc1CN(C)CC(N)=NO. The number of likely N-dealkylation sites (N-methyl/N-ethyl adjacent to an activating group) is 1. The van der Waals surface area contributed by atoms with Crippen molar-refractivity contribution < 1.29 is 9.94 Å². The van der Waals surface area contributed by atoms with Gasteiger partial charge in [0.1, 0.15) is 0 Å². The van der Waals surface area contributed by atoms with Crippen LogP contribution in [0.2, 0.25) is 0 Å². The molecule has 3 N–H and O–H groups in total. The van der Waals surface area contributed by atoms with Crippen molar-refractivity contribution in [2.75, 3.05) is 20.7 Å². The minimum atomic E-state index is 0.172. The van der Waals surface area contributed by atoms with Gasteiger partial charge in [-0.1, -0.05) is 11.2 Å². The number of hydrogen-bond donors (Lipinski definition) is 2. The average Bonchev–Trinajstić information content (AvgIpc) is 2.29. The van der Waals surface area contributed by atoms with Crippen LogP contribution in [0, 0.1) is 0 Å². The molecule has 0 aliphatic heterocycles. The van der Waals surface area contributed by atoms with Gasteiger partial charge in [-0.15, -0.1) is 0 Å². The Morgan fingerprint density at radius 2 is 2.44 bits per heavy atom. The van der Waals surface area contributed by atoms with E-state index in [0.717, 1.165) is 5.56 Å². The third kappa shape index (κ3) is 3.39. The zero-order valence-corrected chi connectivity index (χ0v) is 9.42. The van der Waals surface area contributed by atoms with Crippen LogP contribution >= 0.6 is 0 Å². The summed E-state index contributed by atoms with van der Waals surface area (Å²) in [5.74, 6) is 0.763. The zero-order chi connectivity index (χ0) is 12.0. The van der Waals surface area contributed by atoms with E-state index in [1.165, 1.54) is 0 Å². The highest BCUT2D eigenvalue weighted by Crippen LogP contribution is 2.14. The third-order valence-electron chi connectivity index (χ3n) is 2.04. The van der Waals surface area contributed by atoms with Gasteiger partial charge < -0.3 is 15.7 Å². The van der Waals surface area contributed by atoms with Crippen molar-refractivity contribution in [1.29, 1.82) is 0 Å². The fourth-order valence-corrected chi connectivity index (χ4v) is 1.38. The van der Waals surface area contributed by atoms with E-state index < -0.39 is 0 Å². The molecule has 1 rings (SSSR count). The Labute approximate surface area is 94.3 Å². The van der Waals surface area contributed by atoms with Crippen molar-refractivity contribution in [3.63, 3.8) is 0 Å². The molecule has 0 spiro atoms. The predicted molar refractivity (Wildman–Crippen MR) is 60.5 cm³/mol. The van der Waals surface area contributed by atoms with Gasteiger partial charge in [0, 0.05) is 18.3 Å². The second-order valence-electron chi connectivity index (χ2n) is 3.44. The molecule has 0 unspecified atom stereocenters. The molecule has 0 bridgehead atoms. The molecular weight excluding hydrogens is 208 g/mol. The van der Waals surface area contributed by atoms with Crippen LogP contribution in [0.3, 0.4) is 0 Å². The largest absolute Gasteiger partial charge is 0.481 e. The van der Waals surface area contributed by atoms with Crippen molar-refractivity contribution in [3.05, 3.63) is 23.9 Å². The highest BCUT2D eigenvalue weighted by Gasteiger charge is 2.07. The number of pyridine rings is 1. The molecule has 88 valence electrons. The number of methoxy groups -OCH3 is 1. The normalized spacial score (nSPS) is 11.8. The zero-order valence-electron chi connectivity index (χ0n) is 9.42. The second-order valence-corrected chi connectivity index (χ2v) is 3.44. The molecule has 6 heteroatoms. The third-order valence-corrected chi connectivity index (χ3v) is 2.04. The van der Waals surface area contributed by atoms with E-state index in [4.69, 9.17) is 15.7 Å². The van der Waals surface area contributed by atoms with E-state index in [2.05, 4.69) is 10.1 Å². The maximum Gasteiger partial charge on any atom is 0.217 e. The number of aromatic nitrogens is 1. The van der Waals surface area contributed by atoms with Gasteiger partial charge in [0.15, 0.2) is 5.84 Å². The molecule has 16 heavy (non-hydrogen) atoms. The van der Waals surface area contributed by atoms with Gasteiger partial charge in [-0.3, -0.25) is 4.90 Å². The molecule has 0 radical (unpaired) electrons. The molecule has 0 fully saturated rings. The van der Waals surface area contributed by atoms with Crippen molar-refractivity contribution in [1.82, 2.24) is 9.88 Å². The Kier molecular flexibility index (Phi) is 4.53. The van der Waals surface area contributed by atoms with E-state index >= 15 is 0 Å². The Morgan fingerprint density at radius 3 is 3.06 bits per heavy atom. The lowest BCUT2D eigenvalue weighted by atomic mass is 10.2. The first-order valence-electron chi connectivity index (χ1n) is 4.80. The minimum Gasteiger partial charge on any atom is -0.481 e. The summed E-state index contributed by atoms with van der Waals surface area (Å²) in [6, 6.07) is 3.77. The van der Waals surface area contributed by atoms with Crippen molar-refractivity contribution in [3.8, 4) is 5.88 Å². The second kappa shape index (κ2) is 5.92. The number of amidine groups is 1. The molecule has 0 aromatic carbocycles. The molecule has 0 saturated heterocycles. The van der Waals surface area contributed by atoms with E-state index in [0.29, 0.717) is 19.0 Å². The smallest absolute Gasteiger partial charge is 0.217 e. The van der Waals surface area contributed by atoms with Gasteiger partial charge in [0.2, 0.25) is 5.88 Å². The molecule has 0 atom stereocenters. The first-order valence-corrected chi connectivity index (χ1v) is 4.80. The Bertz CT molecular complexity index is 368. The van der Waals surface area contributed by atoms with Crippen LogP contribution in [0.25, 0.3) is 0 Å². The highest BCUT2D eigenvalue weighted by molar-refractivity contribution is 5.81. The molecule has 6 nitrogen and oxygen atoms in total. The van der Waals surface area contributed by atoms with Gasteiger partial charge in [-0.05, 0) is 13.1 Å². The topological polar surface area (TPSA) is 84.0 Å².